The number of hydrogen-bond acceptors (Lipinski definition) is 3. The van der Waals surface area contributed by atoms with E-state index in [1.165, 1.54) is 11.6 Å². The molecule has 0 heterocycles. The van der Waals surface area contributed by atoms with Crippen LogP contribution in [-0.2, 0) is 11.2 Å². The largest absolute Gasteiger partial charge is 0.490 e. The molecule has 2 aromatic rings. The second-order valence-electron chi connectivity index (χ2n) is 6.41. The predicted octanol–water partition coefficient (Wildman–Crippen LogP) is 3.58. The lowest BCUT2D eigenvalue weighted by Gasteiger charge is -2.25. The number of nitrogens with one attached hydrogen (secondary N) is 1. The van der Waals surface area contributed by atoms with Gasteiger partial charge in [0.15, 0.2) is 11.6 Å². The maximum absolute atomic E-state index is 13.5. The van der Waals surface area contributed by atoms with Crippen molar-refractivity contribution in [3.63, 3.8) is 0 Å². The summed E-state index contributed by atoms with van der Waals surface area (Å²) in [6.07, 6.45) is 1.19. The lowest BCUT2D eigenvalue weighted by molar-refractivity contribution is -0.121. The molecule has 0 aliphatic carbocycles. The van der Waals surface area contributed by atoms with Gasteiger partial charge < -0.3 is 15.0 Å². The highest BCUT2D eigenvalue weighted by Gasteiger charge is 2.15. The fourth-order valence-corrected chi connectivity index (χ4v) is 2.69. The average Bonchev–Trinajstić information content (AvgIpc) is 2.64. The Morgan fingerprint density at radius 2 is 1.85 bits per heavy atom. The Morgan fingerprint density at radius 1 is 1.15 bits per heavy atom. The maximum Gasteiger partial charge on any atom is 0.223 e. The van der Waals surface area contributed by atoms with Crippen molar-refractivity contribution >= 4 is 5.91 Å². The van der Waals surface area contributed by atoms with E-state index in [9.17, 15) is 9.18 Å². The topological polar surface area (TPSA) is 41.6 Å². The summed E-state index contributed by atoms with van der Waals surface area (Å²) < 4.78 is 18.8. The third-order valence-corrected chi connectivity index (χ3v) is 4.31. The highest BCUT2D eigenvalue weighted by Crippen LogP contribution is 2.18. The van der Waals surface area contributed by atoms with E-state index in [4.69, 9.17) is 4.74 Å². The Hall–Kier alpha value is -2.40. The van der Waals surface area contributed by atoms with Gasteiger partial charge in [0.1, 0.15) is 0 Å². The summed E-state index contributed by atoms with van der Waals surface area (Å²) in [5.74, 6) is -0.364. The lowest BCUT2D eigenvalue weighted by Crippen LogP contribution is -2.35. The summed E-state index contributed by atoms with van der Waals surface area (Å²) in [7, 11) is 3.98. The van der Waals surface area contributed by atoms with E-state index in [1.807, 2.05) is 14.1 Å². The number of ether oxygens (including phenoxy) is 1. The van der Waals surface area contributed by atoms with E-state index >= 15 is 0 Å². The van der Waals surface area contributed by atoms with Gasteiger partial charge in [0.05, 0.1) is 19.1 Å². The van der Waals surface area contributed by atoms with Crippen molar-refractivity contribution in [2.75, 3.05) is 27.2 Å². The van der Waals surface area contributed by atoms with Gasteiger partial charge in [-0.1, -0.05) is 43.3 Å². The van der Waals surface area contributed by atoms with Crippen LogP contribution >= 0.6 is 0 Å². The van der Waals surface area contributed by atoms with E-state index in [-0.39, 0.29) is 30.7 Å². The van der Waals surface area contributed by atoms with Crippen molar-refractivity contribution in [1.82, 2.24) is 10.2 Å². The van der Waals surface area contributed by atoms with Crippen molar-refractivity contribution in [2.24, 2.45) is 0 Å². The first-order valence-electron chi connectivity index (χ1n) is 8.90. The number of halogens is 1. The molecule has 4 nitrogen and oxygen atoms in total. The Kier molecular flexibility index (Phi) is 7.60. The summed E-state index contributed by atoms with van der Waals surface area (Å²) in [4.78, 5) is 14.2. The molecule has 140 valence electrons. The summed E-state index contributed by atoms with van der Waals surface area (Å²) >= 11 is 0. The number of hydrogen-bond donors (Lipinski definition) is 1. The van der Waals surface area contributed by atoms with Gasteiger partial charge in [0.25, 0.3) is 0 Å². The van der Waals surface area contributed by atoms with Crippen LogP contribution in [0.4, 0.5) is 4.39 Å². The Balaban J connectivity index is 1.82. The van der Waals surface area contributed by atoms with Gasteiger partial charge in [-0.25, -0.2) is 4.39 Å². The van der Waals surface area contributed by atoms with Crippen LogP contribution in [0.2, 0.25) is 0 Å². The monoisotopic (exact) mass is 358 g/mol. The van der Waals surface area contributed by atoms with Crippen molar-refractivity contribution < 1.29 is 13.9 Å². The molecule has 1 amide bonds. The van der Waals surface area contributed by atoms with Crippen LogP contribution in [0.25, 0.3) is 0 Å². The third kappa shape index (κ3) is 5.85. The van der Waals surface area contributed by atoms with Crippen LogP contribution in [0.15, 0.2) is 48.5 Å². The van der Waals surface area contributed by atoms with Crippen molar-refractivity contribution in [2.45, 2.75) is 25.8 Å². The standard InChI is InChI=1S/C21H27FN2O2/c1-4-16-9-11-17(12-10-16)19(24(2)3)15-23-21(25)13-14-26-20-8-6-5-7-18(20)22/h5-12,19H,4,13-15H2,1-3H3,(H,23,25). The van der Waals surface area contributed by atoms with Gasteiger partial charge in [-0.05, 0) is 43.8 Å². The average molecular weight is 358 g/mol. The second-order valence-corrected chi connectivity index (χ2v) is 6.41. The van der Waals surface area contributed by atoms with Gasteiger partial charge in [-0.3, -0.25) is 4.79 Å². The molecule has 0 aromatic heterocycles. The molecule has 0 saturated carbocycles. The number of rotatable bonds is 9. The molecule has 0 radical (unpaired) electrons. The van der Waals surface area contributed by atoms with Gasteiger partial charge in [0.2, 0.25) is 5.91 Å². The normalized spacial score (nSPS) is 12.0. The number of nitrogens with zero attached hydrogens (tertiary/aromatic N) is 1. The quantitative estimate of drug-likeness (QED) is 0.745. The minimum Gasteiger partial charge on any atom is -0.490 e. The molecule has 1 N–H and O–H groups in total. The first kappa shape index (κ1) is 19.9. The van der Waals surface area contributed by atoms with Crippen LogP contribution in [0, 0.1) is 5.82 Å². The van der Waals surface area contributed by atoms with Gasteiger partial charge in [0, 0.05) is 6.54 Å². The molecule has 0 aliphatic heterocycles. The minimum atomic E-state index is -0.420. The van der Waals surface area contributed by atoms with Crippen LogP contribution < -0.4 is 10.1 Å². The second kappa shape index (κ2) is 9.92. The smallest absolute Gasteiger partial charge is 0.223 e. The Morgan fingerprint density at radius 3 is 2.46 bits per heavy atom. The predicted molar refractivity (Wildman–Crippen MR) is 102 cm³/mol. The number of benzene rings is 2. The molecule has 0 spiro atoms. The number of carbonyl (C=O) groups is 1. The molecule has 0 bridgehead atoms. The molecule has 0 aliphatic rings. The van der Waals surface area contributed by atoms with E-state index < -0.39 is 5.82 Å². The van der Waals surface area contributed by atoms with Crippen molar-refractivity contribution in [3.8, 4) is 5.75 Å². The lowest BCUT2D eigenvalue weighted by atomic mass is 10.0. The number of likely N-dealkylation sites (N-methyl/N-ethyl adjacent to an activating group) is 1. The number of carbonyl (C=O) groups excluding carboxylic acids is 1. The van der Waals surface area contributed by atoms with Gasteiger partial charge >= 0.3 is 0 Å². The molecule has 5 heteroatoms. The minimum absolute atomic E-state index is 0.0948. The zero-order chi connectivity index (χ0) is 18.9. The van der Waals surface area contributed by atoms with Crippen molar-refractivity contribution in [1.29, 1.82) is 0 Å². The number of aryl methyl sites for hydroxylation is 1. The highest BCUT2D eigenvalue weighted by molar-refractivity contribution is 5.76. The molecule has 0 fully saturated rings. The first-order chi connectivity index (χ1) is 12.5. The van der Waals surface area contributed by atoms with Gasteiger partial charge in [-0.15, -0.1) is 0 Å². The SMILES string of the molecule is CCc1ccc(C(CNC(=O)CCOc2ccccc2F)N(C)C)cc1. The fourth-order valence-electron chi connectivity index (χ4n) is 2.69. The van der Waals surface area contributed by atoms with E-state index in [0.717, 1.165) is 12.0 Å². The molecule has 1 atom stereocenters. The maximum atomic E-state index is 13.5. The molecular formula is C21H27FN2O2. The van der Waals surface area contributed by atoms with Crippen LogP contribution in [-0.4, -0.2) is 38.1 Å². The fraction of sp³-hybridized carbons (Fsp3) is 0.381. The van der Waals surface area contributed by atoms with Gasteiger partial charge in [-0.2, -0.15) is 0 Å². The zero-order valence-corrected chi connectivity index (χ0v) is 15.7. The molecule has 0 saturated heterocycles. The molecule has 1 unspecified atom stereocenters. The molecule has 26 heavy (non-hydrogen) atoms. The van der Waals surface area contributed by atoms with E-state index in [0.29, 0.717) is 6.54 Å². The number of amides is 1. The van der Waals surface area contributed by atoms with Crippen LogP contribution in [0.5, 0.6) is 5.75 Å². The summed E-state index contributed by atoms with van der Waals surface area (Å²) in [5.41, 5.74) is 2.45. The zero-order valence-electron chi connectivity index (χ0n) is 15.7. The summed E-state index contributed by atoms with van der Waals surface area (Å²) in [5, 5.41) is 2.94. The summed E-state index contributed by atoms with van der Waals surface area (Å²) in [6.45, 7) is 2.78. The molecule has 2 rings (SSSR count). The number of para-hydroxylation sites is 1. The Bertz CT molecular complexity index is 701. The van der Waals surface area contributed by atoms with Crippen LogP contribution in [0.1, 0.15) is 30.5 Å². The molecule has 2 aromatic carbocycles. The highest BCUT2D eigenvalue weighted by atomic mass is 19.1. The summed E-state index contributed by atoms with van der Waals surface area (Å²) in [6, 6.07) is 14.7. The van der Waals surface area contributed by atoms with E-state index in [2.05, 4.69) is 41.4 Å². The van der Waals surface area contributed by atoms with Crippen molar-refractivity contribution in [3.05, 3.63) is 65.5 Å². The third-order valence-electron chi connectivity index (χ3n) is 4.31. The van der Waals surface area contributed by atoms with E-state index in [1.54, 1.807) is 18.2 Å². The molecular weight excluding hydrogens is 331 g/mol. The van der Waals surface area contributed by atoms with Crippen LogP contribution in [0.3, 0.4) is 0 Å². The Labute approximate surface area is 155 Å². The first-order valence-corrected chi connectivity index (χ1v) is 8.90.